The molecule has 202 valence electrons. The zero-order valence-corrected chi connectivity index (χ0v) is 20.7. The fourth-order valence-corrected chi connectivity index (χ4v) is 5.16. The largest absolute Gasteiger partial charge is 0.418 e. The first kappa shape index (κ1) is 25.9. The Morgan fingerprint density at radius 2 is 1.92 bits per heavy atom. The van der Waals surface area contributed by atoms with Gasteiger partial charge in [-0.15, -0.1) is 0 Å². The number of nitrogens with zero attached hydrogens (tertiary/aromatic N) is 4. The molecule has 13 heteroatoms. The van der Waals surface area contributed by atoms with Crippen LogP contribution in [0.4, 0.5) is 23.4 Å². The number of amides is 2. The van der Waals surface area contributed by atoms with E-state index in [4.69, 9.17) is 10.5 Å². The monoisotopic (exact) mass is 534 g/mol. The van der Waals surface area contributed by atoms with E-state index in [0.717, 1.165) is 16.9 Å². The van der Waals surface area contributed by atoms with Gasteiger partial charge in [0.05, 0.1) is 36.4 Å². The fourth-order valence-electron chi connectivity index (χ4n) is 5.16. The summed E-state index contributed by atoms with van der Waals surface area (Å²) >= 11 is 0. The molecule has 0 aliphatic carbocycles. The summed E-state index contributed by atoms with van der Waals surface area (Å²) in [6.07, 6.45) is -4.54. The van der Waals surface area contributed by atoms with Gasteiger partial charge in [0.1, 0.15) is 18.0 Å². The number of ether oxygens (including phenoxy) is 1. The van der Waals surface area contributed by atoms with Crippen LogP contribution in [0.15, 0.2) is 24.5 Å². The number of anilines is 1. The third-order valence-electron chi connectivity index (χ3n) is 7.14. The molecule has 2 aliphatic heterocycles. The summed E-state index contributed by atoms with van der Waals surface area (Å²) in [6, 6.07) is 3.13. The predicted octanol–water partition coefficient (Wildman–Crippen LogP) is 2.93. The number of carbonyl (C=O) groups excluding carboxylic acids is 2. The second-order valence-corrected chi connectivity index (χ2v) is 9.73. The molecule has 1 unspecified atom stereocenters. The highest BCUT2D eigenvalue weighted by Gasteiger charge is 2.40. The second kappa shape index (κ2) is 9.53. The molecule has 2 amide bonds. The number of hydrogen-bond acceptors (Lipinski definition) is 6. The van der Waals surface area contributed by atoms with E-state index in [1.807, 2.05) is 0 Å². The summed E-state index contributed by atoms with van der Waals surface area (Å²) in [6.45, 7) is 4.06. The van der Waals surface area contributed by atoms with E-state index in [2.05, 4.69) is 15.4 Å². The molecule has 0 spiro atoms. The summed E-state index contributed by atoms with van der Waals surface area (Å²) in [5.74, 6) is -1.44. The number of nitrogens with two attached hydrogens (primary N) is 1. The van der Waals surface area contributed by atoms with Gasteiger partial charge >= 0.3 is 6.18 Å². The van der Waals surface area contributed by atoms with Crippen LogP contribution in [-0.2, 0) is 15.7 Å². The molecule has 1 aromatic carbocycles. The number of fused-ring (bicyclic) bond motifs is 1. The minimum Gasteiger partial charge on any atom is -0.382 e. The topological polar surface area (TPSA) is 115 Å². The van der Waals surface area contributed by atoms with E-state index in [1.165, 1.54) is 11.0 Å². The summed E-state index contributed by atoms with van der Waals surface area (Å²) in [7, 11) is 0. The predicted molar refractivity (Wildman–Crippen MR) is 129 cm³/mol. The molecule has 4 heterocycles. The van der Waals surface area contributed by atoms with E-state index < -0.39 is 29.9 Å². The van der Waals surface area contributed by atoms with Crippen molar-refractivity contribution < 1.29 is 31.9 Å². The Kier molecular flexibility index (Phi) is 6.49. The molecule has 2 aliphatic rings. The molecule has 9 nitrogen and oxygen atoms in total. The van der Waals surface area contributed by atoms with Crippen LogP contribution < -0.4 is 11.1 Å². The SMILES string of the molecule is Cc1cc(C)c(-c2cc(C(F)(F)F)c3c(N)ncnn23)cc1C(=O)N[C@@H]1CN(C(=O)C2CCOC2)C[C@@H]1F. The van der Waals surface area contributed by atoms with E-state index in [9.17, 15) is 27.2 Å². The lowest BCUT2D eigenvalue weighted by atomic mass is 9.97. The van der Waals surface area contributed by atoms with Crippen LogP contribution in [0.3, 0.4) is 0 Å². The number of aromatic nitrogens is 3. The quantitative estimate of drug-likeness (QED) is 0.498. The summed E-state index contributed by atoms with van der Waals surface area (Å²) in [4.78, 5) is 31.0. The Bertz CT molecular complexity index is 1420. The molecular formula is C25H26F4N6O3. The van der Waals surface area contributed by atoms with Crippen LogP contribution in [0.5, 0.6) is 0 Å². The molecule has 5 rings (SSSR count). The number of aryl methyl sites for hydroxylation is 2. The third-order valence-corrected chi connectivity index (χ3v) is 7.14. The van der Waals surface area contributed by atoms with Gasteiger partial charge in [0, 0.05) is 24.3 Å². The normalized spacial score (nSPS) is 21.8. The van der Waals surface area contributed by atoms with E-state index in [0.29, 0.717) is 36.3 Å². The average molecular weight is 535 g/mol. The van der Waals surface area contributed by atoms with Crippen molar-refractivity contribution in [1.29, 1.82) is 0 Å². The number of carbonyl (C=O) groups is 2. The minimum atomic E-state index is -4.71. The van der Waals surface area contributed by atoms with Crippen molar-refractivity contribution in [2.75, 3.05) is 32.0 Å². The number of rotatable bonds is 4. The first-order valence-corrected chi connectivity index (χ1v) is 12.1. The van der Waals surface area contributed by atoms with Gasteiger partial charge in [-0.1, -0.05) is 6.07 Å². The van der Waals surface area contributed by atoms with Gasteiger partial charge in [-0.3, -0.25) is 9.59 Å². The van der Waals surface area contributed by atoms with Crippen LogP contribution in [0.25, 0.3) is 16.8 Å². The zero-order valence-electron chi connectivity index (χ0n) is 20.7. The van der Waals surface area contributed by atoms with E-state index >= 15 is 0 Å². The maximum absolute atomic E-state index is 14.8. The van der Waals surface area contributed by atoms with Crippen molar-refractivity contribution >= 4 is 23.1 Å². The van der Waals surface area contributed by atoms with E-state index in [-0.39, 0.29) is 47.5 Å². The molecule has 0 bridgehead atoms. The average Bonchev–Trinajstić information content (AvgIpc) is 3.58. The maximum atomic E-state index is 14.8. The highest BCUT2D eigenvalue weighted by atomic mass is 19.4. The molecule has 2 fully saturated rings. The second-order valence-electron chi connectivity index (χ2n) is 9.73. The van der Waals surface area contributed by atoms with Crippen molar-refractivity contribution in [2.24, 2.45) is 5.92 Å². The van der Waals surface area contributed by atoms with Gasteiger partial charge in [0.25, 0.3) is 5.91 Å². The van der Waals surface area contributed by atoms with Gasteiger partial charge in [-0.05, 0) is 43.5 Å². The molecule has 3 aromatic rings. The Balaban J connectivity index is 1.45. The molecule has 3 N–H and O–H groups in total. The van der Waals surface area contributed by atoms with Crippen molar-refractivity contribution in [2.45, 2.75) is 38.7 Å². The first-order valence-electron chi connectivity index (χ1n) is 12.1. The van der Waals surface area contributed by atoms with Crippen LogP contribution in [-0.4, -0.2) is 69.8 Å². The van der Waals surface area contributed by atoms with Crippen LogP contribution >= 0.6 is 0 Å². The van der Waals surface area contributed by atoms with Crippen LogP contribution in [0.2, 0.25) is 0 Å². The Morgan fingerprint density at radius 1 is 1.16 bits per heavy atom. The number of alkyl halides is 4. The number of halogens is 4. The molecular weight excluding hydrogens is 508 g/mol. The molecule has 3 atom stereocenters. The van der Waals surface area contributed by atoms with Gasteiger partial charge in [0.2, 0.25) is 5.91 Å². The summed E-state index contributed by atoms with van der Waals surface area (Å²) in [5, 5.41) is 6.63. The lowest BCUT2D eigenvalue weighted by molar-refractivity contribution is -0.136. The lowest BCUT2D eigenvalue weighted by Crippen LogP contribution is -2.42. The number of nitrogens with one attached hydrogen (secondary N) is 1. The number of likely N-dealkylation sites (tertiary alicyclic amines) is 1. The van der Waals surface area contributed by atoms with Crippen molar-refractivity contribution in [3.05, 3.63) is 46.8 Å². The van der Waals surface area contributed by atoms with Crippen LogP contribution in [0, 0.1) is 19.8 Å². The third kappa shape index (κ3) is 4.55. The van der Waals surface area contributed by atoms with Gasteiger partial charge in [-0.25, -0.2) is 13.9 Å². The molecule has 2 aromatic heterocycles. The van der Waals surface area contributed by atoms with E-state index in [1.54, 1.807) is 19.9 Å². The van der Waals surface area contributed by atoms with Crippen molar-refractivity contribution in [1.82, 2.24) is 24.8 Å². The van der Waals surface area contributed by atoms with Gasteiger partial charge in [0.15, 0.2) is 5.82 Å². The van der Waals surface area contributed by atoms with Crippen molar-refractivity contribution in [3.8, 4) is 11.3 Å². The molecule has 0 saturated carbocycles. The smallest absolute Gasteiger partial charge is 0.382 e. The highest BCUT2D eigenvalue weighted by molar-refractivity contribution is 5.97. The molecule has 38 heavy (non-hydrogen) atoms. The maximum Gasteiger partial charge on any atom is 0.418 e. The van der Waals surface area contributed by atoms with Crippen molar-refractivity contribution in [3.63, 3.8) is 0 Å². The standard InChI is InChI=1S/C25H26F4N6O3/c1-12-5-13(2)16(23(36)33-19-9-34(8-18(19)26)24(37)14-3-4-38-10-14)6-15(12)20-7-17(25(27,28)29)21-22(30)31-11-32-35(20)21/h5-7,11,14,18-19H,3-4,8-10H2,1-2H3,(H,33,36)(H2,30,31,32)/t14?,18-,19+/m0/s1. The molecule has 0 radical (unpaired) electrons. The lowest BCUT2D eigenvalue weighted by Gasteiger charge is -2.20. The Morgan fingerprint density at radius 3 is 2.61 bits per heavy atom. The highest BCUT2D eigenvalue weighted by Crippen LogP contribution is 2.39. The van der Waals surface area contributed by atoms with Crippen LogP contribution in [0.1, 0.15) is 33.5 Å². The summed E-state index contributed by atoms with van der Waals surface area (Å²) in [5.41, 5.74) is 6.09. The minimum absolute atomic E-state index is 0.0223. The first-order chi connectivity index (χ1) is 18.0. The van der Waals surface area contributed by atoms with Gasteiger partial charge < -0.3 is 20.7 Å². The summed E-state index contributed by atoms with van der Waals surface area (Å²) < 4.78 is 62.5. The van der Waals surface area contributed by atoms with Gasteiger partial charge in [-0.2, -0.15) is 18.3 Å². The zero-order chi connectivity index (χ0) is 27.4. The Labute approximate surface area is 214 Å². The number of hydrogen-bond donors (Lipinski definition) is 2. The number of benzene rings is 1. The Hall–Kier alpha value is -3.74. The fraction of sp³-hybridized carbons (Fsp3) is 0.440. The number of nitrogen functional groups attached to an aromatic ring is 1. The molecule has 2 saturated heterocycles.